The fourth-order valence-electron chi connectivity index (χ4n) is 3.92. The number of rotatable bonds is 7. The van der Waals surface area contributed by atoms with Crippen LogP contribution in [0.25, 0.3) is 0 Å². The number of aromatic nitrogens is 2. The maximum absolute atomic E-state index is 14.5. The number of amides is 2. The maximum Gasteiger partial charge on any atom is 0.254 e. The van der Waals surface area contributed by atoms with Crippen LogP contribution >= 0.6 is 0 Å². The standard InChI is InChI=1S/C25H26FN5O3/c1-18(32)19-5-6-23(22(26)16-19)30-11-13-31(14-12-30)25(34)20-3-2-4-21(15-20)28-24(33)7-9-29-10-8-27-17-29/h2-6,8,10,15-17H,7,9,11-14H2,1H3,(H,28,33). The number of carbonyl (C=O) groups excluding carboxylic acids is 3. The van der Waals surface area contributed by atoms with Crippen LogP contribution in [0.15, 0.2) is 61.2 Å². The molecule has 1 aliphatic heterocycles. The molecule has 2 amide bonds. The number of imidazole rings is 1. The predicted molar refractivity (Wildman–Crippen MR) is 126 cm³/mol. The van der Waals surface area contributed by atoms with E-state index in [4.69, 9.17) is 0 Å². The van der Waals surface area contributed by atoms with Gasteiger partial charge in [-0.05, 0) is 43.3 Å². The molecule has 34 heavy (non-hydrogen) atoms. The predicted octanol–water partition coefficient (Wildman–Crippen LogP) is 3.22. The minimum atomic E-state index is -0.441. The molecular formula is C25H26FN5O3. The van der Waals surface area contributed by atoms with Crippen molar-refractivity contribution in [3.8, 4) is 0 Å². The SMILES string of the molecule is CC(=O)c1ccc(N2CCN(C(=O)c3cccc(NC(=O)CCn4ccnc4)c3)CC2)c(F)c1. The summed E-state index contributed by atoms with van der Waals surface area (Å²) in [4.78, 5) is 44.3. The summed E-state index contributed by atoms with van der Waals surface area (Å²) in [7, 11) is 0. The molecule has 1 aliphatic rings. The first-order valence-corrected chi connectivity index (χ1v) is 11.1. The number of benzene rings is 2. The van der Waals surface area contributed by atoms with Crippen LogP contribution in [0.3, 0.4) is 0 Å². The topological polar surface area (TPSA) is 87.5 Å². The molecule has 2 heterocycles. The number of ketones is 1. The van der Waals surface area contributed by atoms with Gasteiger partial charge in [0.2, 0.25) is 5.91 Å². The van der Waals surface area contributed by atoms with E-state index in [0.29, 0.717) is 61.6 Å². The normalized spacial score (nSPS) is 13.6. The highest BCUT2D eigenvalue weighted by Gasteiger charge is 2.24. The molecule has 0 bridgehead atoms. The third-order valence-corrected chi connectivity index (χ3v) is 5.81. The first-order chi connectivity index (χ1) is 16.4. The molecular weight excluding hydrogens is 437 g/mol. The van der Waals surface area contributed by atoms with Gasteiger partial charge in [0.15, 0.2) is 5.78 Å². The lowest BCUT2D eigenvalue weighted by Crippen LogP contribution is -2.49. The first kappa shape index (κ1) is 23.2. The summed E-state index contributed by atoms with van der Waals surface area (Å²) in [5, 5.41) is 2.83. The van der Waals surface area contributed by atoms with E-state index in [2.05, 4.69) is 10.3 Å². The van der Waals surface area contributed by atoms with E-state index in [-0.39, 0.29) is 17.6 Å². The molecule has 0 unspecified atom stereocenters. The Morgan fingerprint density at radius 2 is 1.82 bits per heavy atom. The summed E-state index contributed by atoms with van der Waals surface area (Å²) in [6, 6.07) is 11.4. The third-order valence-electron chi connectivity index (χ3n) is 5.81. The molecule has 0 saturated carbocycles. The van der Waals surface area contributed by atoms with Gasteiger partial charge >= 0.3 is 0 Å². The number of piperazine rings is 1. The third kappa shape index (κ3) is 5.48. The molecule has 0 aliphatic carbocycles. The molecule has 1 saturated heterocycles. The van der Waals surface area contributed by atoms with Crippen LogP contribution in [-0.4, -0.2) is 58.2 Å². The summed E-state index contributed by atoms with van der Waals surface area (Å²) >= 11 is 0. The van der Waals surface area contributed by atoms with Gasteiger partial charge < -0.3 is 19.7 Å². The van der Waals surface area contributed by atoms with Crippen molar-refractivity contribution < 1.29 is 18.8 Å². The second kappa shape index (κ2) is 10.3. The Hall–Kier alpha value is -4.01. The monoisotopic (exact) mass is 463 g/mol. The number of hydrogen-bond acceptors (Lipinski definition) is 5. The Morgan fingerprint density at radius 1 is 1.03 bits per heavy atom. The second-order valence-corrected chi connectivity index (χ2v) is 8.18. The molecule has 8 nitrogen and oxygen atoms in total. The van der Waals surface area contributed by atoms with Crippen molar-refractivity contribution in [2.45, 2.75) is 19.9 Å². The van der Waals surface area contributed by atoms with Gasteiger partial charge in [-0.25, -0.2) is 9.37 Å². The highest BCUT2D eigenvalue weighted by atomic mass is 19.1. The summed E-state index contributed by atoms with van der Waals surface area (Å²) in [5.74, 6) is -0.910. The number of nitrogens with zero attached hydrogens (tertiary/aromatic N) is 4. The number of halogens is 1. The molecule has 176 valence electrons. The average Bonchev–Trinajstić information content (AvgIpc) is 3.36. The molecule has 0 radical (unpaired) electrons. The zero-order valence-corrected chi connectivity index (χ0v) is 18.9. The van der Waals surface area contributed by atoms with E-state index >= 15 is 0 Å². The molecule has 9 heteroatoms. The molecule has 4 rings (SSSR count). The van der Waals surface area contributed by atoms with Crippen molar-refractivity contribution >= 4 is 29.0 Å². The van der Waals surface area contributed by atoms with Crippen molar-refractivity contribution in [2.75, 3.05) is 36.4 Å². The molecule has 1 N–H and O–H groups in total. The van der Waals surface area contributed by atoms with E-state index in [1.165, 1.54) is 13.0 Å². The first-order valence-electron chi connectivity index (χ1n) is 11.1. The summed E-state index contributed by atoms with van der Waals surface area (Å²) in [6.07, 6.45) is 5.40. The van der Waals surface area contributed by atoms with Crippen molar-refractivity contribution in [1.82, 2.24) is 14.5 Å². The van der Waals surface area contributed by atoms with Crippen LogP contribution in [0.1, 0.15) is 34.1 Å². The van der Waals surface area contributed by atoms with Gasteiger partial charge in [-0.15, -0.1) is 0 Å². The second-order valence-electron chi connectivity index (χ2n) is 8.18. The van der Waals surface area contributed by atoms with E-state index in [1.54, 1.807) is 60.0 Å². The molecule has 1 aromatic heterocycles. The van der Waals surface area contributed by atoms with Crippen molar-refractivity contribution in [3.63, 3.8) is 0 Å². The van der Waals surface area contributed by atoms with E-state index in [1.807, 2.05) is 9.47 Å². The fraction of sp³-hybridized carbons (Fsp3) is 0.280. The Kier molecular flexibility index (Phi) is 7.01. The zero-order valence-electron chi connectivity index (χ0n) is 18.9. The summed E-state index contributed by atoms with van der Waals surface area (Å²) in [6.45, 7) is 3.76. The van der Waals surface area contributed by atoms with Crippen molar-refractivity contribution in [3.05, 3.63) is 78.1 Å². The van der Waals surface area contributed by atoms with Gasteiger partial charge in [0.1, 0.15) is 5.82 Å². The number of aryl methyl sites for hydroxylation is 1. The van der Waals surface area contributed by atoms with Crippen LogP contribution in [0.4, 0.5) is 15.8 Å². The minimum absolute atomic E-state index is 0.137. The smallest absolute Gasteiger partial charge is 0.254 e. The molecule has 3 aromatic rings. The molecule has 1 fully saturated rings. The van der Waals surface area contributed by atoms with Crippen LogP contribution in [0.5, 0.6) is 0 Å². The van der Waals surface area contributed by atoms with Crippen molar-refractivity contribution in [2.24, 2.45) is 0 Å². The quantitative estimate of drug-likeness (QED) is 0.544. The lowest BCUT2D eigenvalue weighted by molar-refractivity contribution is -0.116. The Morgan fingerprint density at radius 3 is 2.50 bits per heavy atom. The minimum Gasteiger partial charge on any atom is -0.366 e. The number of hydrogen-bond donors (Lipinski definition) is 1. The van der Waals surface area contributed by atoms with Crippen LogP contribution in [-0.2, 0) is 11.3 Å². The van der Waals surface area contributed by atoms with Gasteiger partial charge in [0.05, 0.1) is 12.0 Å². The number of carbonyl (C=O) groups is 3. The maximum atomic E-state index is 14.5. The zero-order chi connectivity index (χ0) is 24.1. The van der Waals surface area contributed by atoms with E-state index in [9.17, 15) is 18.8 Å². The number of anilines is 2. The molecule has 2 aromatic carbocycles. The van der Waals surface area contributed by atoms with Gasteiger partial charge in [-0.1, -0.05) is 6.07 Å². The van der Waals surface area contributed by atoms with Crippen LogP contribution in [0, 0.1) is 5.82 Å². The summed E-state index contributed by atoms with van der Waals surface area (Å²) < 4.78 is 16.3. The highest BCUT2D eigenvalue weighted by molar-refractivity contribution is 5.97. The Bertz CT molecular complexity index is 1190. The molecule has 0 spiro atoms. The Balaban J connectivity index is 1.33. The Labute approximate surface area is 197 Å². The largest absolute Gasteiger partial charge is 0.366 e. The fourth-order valence-corrected chi connectivity index (χ4v) is 3.92. The van der Waals surface area contributed by atoms with E-state index < -0.39 is 5.82 Å². The van der Waals surface area contributed by atoms with Crippen LogP contribution in [0.2, 0.25) is 0 Å². The van der Waals surface area contributed by atoms with Gasteiger partial charge in [0.25, 0.3) is 5.91 Å². The average molecular weight is 464 g/mol. The molecule has 0 atom stereocenters. The lowest BCUT2D eigenvalue weighted by atomic mass is 10.1. The van der Waals surface area contributed by atoms with Crippen molar-refractivity contribution in [1.29, 1.82) is 0 Å². The van der Waals surface area contributed by atoms with E-state index in [0.717, 1.165) is 0 Å². The number of Topliss-reactive ketones (excluding diaryl/α,β-unsaturated/α-hetero) is 1. The van der Waals surface area contributed by atoms with Gasteiger partial charge in [0, 0.05) is 68.4 Å². The summed E-state index contributed by atoms with van der Waals surface area (Å²) in [5.41, 5.74) is 1.81. The lowest BCUT2D eigenvalue weighted by Gasteiger charge is -2.36. The van der Waals surface area contributed by atoms with Gasteiger partial charge in [-0.3, -0.25) is 14.4 Å². The number of nitrogens with one attached hydrogen (secondary N) is 1. The van der Waals surface area contributed by atoms with Gasteiger partial charge in [-0.2, -0.15) is 0 Å². The highest BCUT2D eigenvalue weighted by Crippen LogP contribution is 2.23. The van der Waals surface area contributed by atoms with Crippen LogP contribution < -0.4 is 10.2 Å².